The maximum absolute atomic E-state index is 13.5. The van der Waals surface area contributed by atoms with Crippen molar-refractivity contribution in [3.8, 4) is 0 Å². The van der Waals surface area contributed by atoms with Crippen molar-refractivity contribution < 1.29 is 9.31 Å². The number of nitrogens with zero attached hydrogens (tertiary/aromatic N) is 2. The molecule has 0 amide bonds. The lowest BCUT2D eigenvalue weighted by Crippen LogP contribution is -1.95. The lowest BCUT2D eigenvalue weighted by atomic mass is 10.1. The van der Waals surface area contributed by atoms with Gasteiger partial charge >= 0.3 is 0 Å². The SMILES string of the molecule is O=[N+]([O-])c1ccc(F)c2nc(Cl)c(CCl)cc12. The van der Waals surface area contributed by atoms with Crippen LogP contribution in [0.3, 0.4) is 0 Å². The summed E-state index contributed by atoms with van der Waals surface area (Å²) in [7, 11) is 0. The number of benzene rings is 1. The fourth-order valence-electron chi connectivity index (χ4n) is 1.48. The van der Waals surface area contributed by atoms with Gasteiger partial charge in [-0.2, -0.15) is 0 Å². The van der Waals surface area contributed by atoms with Crippen LogP contribution < -0.4 is 0 Å². The zero-order chi connectivity index (χ0) is 12.6. The van der Waals surface area contributed by atoms with Crippen LogP contribution in [0.25, 0.3) is 10.9 Å². The molecule has 1 aromatic heterocycles. The van der Waals surface area contributed by atoms with Crippen molar-refractivity contribution in [1.82, 2.24) is 4.98 Å². The molecule has 2 aromatic rings. The number of rotatable bonds is 2. The Balaban J connectivity index is 2.88. The quantitative estimate of drug-likeness (QED) is 0.363. The third kappa shape index (κ3) is 2.03. The molecule has 1 heterocycles. The molecule has 2 rings (SSSR count). The summed E-state index contributed by atoms with van der Waals surface area (Å²) in [4.78, 5) is 14.0. The Hall–Kier alpha value is -1.46. The second-order valence-electron chi connectivity index (χ2n) is 3.29. The van der Waals surface area contributed by atoms with Gasteiger partial charge in [-0.3, -0.25) is 10.1 Å². The first-order valence-electron chi connectivity index (χ1n) is 4.52. The fraction of sp³-hybridized carbons (Fsp3) is 0.100. The van der Waals surface area contributed by atoms with Crippen molar-refractivity contribution in [2.24, 2.45) is 0 Å². The topological polar surface area (TPSA) is 56.0 Å². The summed E-state index contributed by atoms with van der Waals surface area (Å²) in [6.07, 6.45) is 0. The lowest BCUT2D eigenvalue weighted by Gasteiger charge is -2.04. The average Bonchev–Trinajstić information content (AvgIpc) is 2.29. The van der Waals surface area contributed by atoms with E-state index in [0.29, 0.717) is 5.56 Å². The molecule has 0 aliphatic carbocycles. The number of nitro benzene ring substituents is 1. The molecule has 0 aliphatic heterocycles. The van der Waals surface area contributed by atoms with E-state index in [1.54, 1.807) is 0 Å². The molecule has 4 nitrogen and oxygen atoms in total. The van der Waals surface area contributed by atoms with Crippen LogP contribution in [0.4, 0.5) is 10.1 Å². The predicted molar refractivity (Wildman–Crippen MR) is 62.9 cm³/mol. The Morgan fingerprint density at radius 2 is 2.18 bits per heavy atom. The van der Waals surface area contributed by atoms with Crippen LogP contribution in [0.1, 0.15) is 5.56 Å². The third-order valence-electron chi connectivity index (χ3n) is 2.28. The number of halogens is 3. The minimum Gasteiger partial charge on any atom is -0.258 e. The minimum atomic E-state index is -0.659. The molecule has 0 spiro atoms. The maximum atomic E-state index is 13.5. The summed E-state index contributed by atoms with van der Waals surface area (Å²) in [6, 6.07) is 3.47. The van der Waals surface area contributed by atoms with E-state index in [1.807, 2.05) is 0 Å². The molecular weight excluding hydrogens is 270 g/mol. The van der Waals surface area contributed by atoms with Gasteiger partial charge in [-0.25, -0.2) is 9.37 Å². The highest BCUT2D eigenvalue weighted by Gasteiger charge is 2.17. The molecular formula is C10H5Cl2FN2O2. The Bertz CT molecular complexity index is 619. The van der Waals surface area contributed by atoms with Gasteiger partial charge in [0.15, 0.2) is 0 Å². The summed E-state index contributed by atoms with van der Waals surface area (Å²) in [5.41, 5.74) is 0.0736. The number of alkyl halides is 1. The number of nitro groups is 1. The van der Waals surface area contributed by atoms with Crippen LogP contribution in [-0.2, 0) is 5.88 Å². The highest BCUT2D eigenvalue weighted by atomic mass is 35.5. The lowest BCUT2D eigenvalue weighted by molar-refractivity contribution is -0.383. The van der Waals surface area contributed by atoms with Crippen molar-refractivity contribution in [2.45, 2.75) is 5.88 Å². The monoisotopic (exact) mass is 274 g/mol. The standard InChI is InChI=1S/C10H5Cl2FN2O2/c11-4-5-3-6-8(15(16)17)2-1-7(13)9(6)14-10(5)12/h1-3H,4H2. The Labute approximate surface area is 105 Å². The summed E-state index contributed by atoms with van der Waals surface area (Å²) < 4.78 is 13.5. The molecule has 0 atom stereocenters. The highest BCUT2D eigenvalue weighted by Crippen LogP contribution is 2.30. The van der Waals surface area contributed by atoms with Gasteiger partial charge in [0.1, 0.15) is 16.5 Å². The number of pyridine rings is 1. The first kappa shape index (κ1) is 12.0. The number of hydrogen-bond acceptors (Lipinski definition) is 3. The van der Waals surface area contributed by atoms with Crippen molar-refractivity contribution in [3.05, 3.63) is 44.8 Å². The number of aromatic nitrogens is 1. The van der Waals surface area contributed by atoms with Gasteiger partial charge in [0.2, 0.25) is 0 Å². The Morgan fingerprint density at radius 3 is 2.76 bits per heavy atom. The van der Waals surface area contributed by atoms with E-state index in [1.165, 1.54) is 6.07 Å². The zero-order valence-electron chi connectivity index (χ0n) is 8.28. The molecule has 7 heteroatoms. The molecule has 1 aromatic carbocycles. The molecule has 0 radical (unpaired) electrons. The fourth-order valence-corrected chi connectivity index (χ4v) is 1.96. The van der Waals surface area contributed by atoms with Crippen molar-refractivity contribution in [3.63, 3.8) is 0 Å². The first-order chi connectivity index (χ1) is 8.04. The van der Waals surface area contributed by atoms with Gasteiger partial charge in [0.05, 0.1) is 16.2 Å². The Morgan fingerprint density at radius 1 is 1.47 bits per heavy atom. The minimum absolute atomic E-state index is 0.0481. The molecule has 17 heavy (non-hydrogen) atoms. The molecule has 0 unspecified atom stereocenters. The van der Waals surface area contributed by atoms with Gasteiger partial charge in [-0.05, 0) is 12.1 Å². The van der Waals surface area contributed by atoms with Crippen molar-refractivity contribution in [2.75, 3.05) is 0 Å². The van der Waals surface area contributed by atoms with Crippen LogP contribution in [0.5, 0.6) is 0 Å². The van der Waals surface area contributed by atoms with E-state index in [-0.39, 0.29) is 27.6 Å². The summed E-state index contributed by atoms with van der Waals surface area (Å²) in [5, 5.41) is 10.9. The molecule has 88 valence electrons. The van der Waals surface area contributed by atoms with Gasteiger partial charge in [0.25, 0.3) is 5.69 Å². The molecule has 0 saturated heterocycles. The van der Waals surface area contributed by atoms with E-state index >= 15 is 0 Å². The smallest absolute Gasteiger partial charge is 0.258 e. The van der Waals surface area contributed by atoms with Crippen LogP contribution in [0, 0.1) is 15.9 Å². The molecule has 0 bridgehead atoms. The number of non-ortho nitro benzene ring substituents is 1. The van der Waals surface area contributed by atoms with Crippen molar-refractivity contribution >= 4 is 39.8 Å². The third-order valence-corrected chi connectivity index (χ3v) is 2.89. The van der Waals surface area contributed by atoms with Crippen LogP contribution in [-0.4, -0.2) is 9.91 Å². The van der Waals surface area contributed by atoms with Gasteiger partial charge in [-0.15, -0.1) is 11.6 Å². The molecule has 0 aliphatic rings. The first-order valence-corrected chi connectivity index (χ1v) is 5.44. The van der Waals surface area contributed by atoms with E-state index in [4.69, 9.17) is 23.2 Å². The van der Waals surface area contributed by atoms with E-state index < -0.39 is 10.7 Å². The normalized spacial score (nSPS) is 10.8. The molecule has 0 saturated carbocycles. The van der Waals surface area contributed by atoms with Gasteiger partial charge < -0.3 is 0 Å². The maximum Gasteiger partial charge on any atom is 0.278 e. The van der Waals surface area contributed by atoms with E-state index in [2.05, 4.69) is 4.98 Å². The second kappa shape index (κ2) is 4.43. The van der Waals surface area contributed by atoms with Crippen LogP contribution in [0.2, 0.25) is 5.15 Å². The van der Waals surface area contributed by atoms with Gasteiger partial charge in [-0.1, -0.05) is 11.6 Å². The zero-order valence-corrected chi connectivity index (χ0v) is 9.80. The van der Waals surface area contributed by atoms with E-state index in [9.17, 15) is 14.5 Å². The highest BCUT2D eigenvalue weighted by molar-refractivity contribution is 6.31. The second-order valence-corrected chi connectivity index (χ2v) is 3.92. The Kier molecular flexibility index (Phi) is 3.13. The van der Waals surface area contributed by atoms with Gasteiger partial charge in [0, 0.05) is 11.6 Å². The number of hydrogen-bond donors (Lipinski definition) is 0. The largest absolute Gasteiger partial charge is 0.278 e. The predicted octanol–water partition coefficient (Wildman–Crippen LogP) is 3.67. The summed E-state index contributed by atoms with van der Waals surface area (Å²) >= 11 is 11.4. The summed E-state index contributed by atoms with van der Waals surface area (Å²) in [5.74, 6) is -0.608. The van der Waals surface area contributed by atoms with E-state index in [0.717, 1.165) is 12.1 Å². The average molecular weight is 275 g/mol. The van der Waals surface area contributed by atoms with Crippen LogP contribution >= 0.6 is 23.2 Å². The molecule has 0 fully saturated rings. The van der Waals surface area contributed by atoms with Crippen LogP contribution in [0.15, 0.2) is 18.2 Å². The summed E-state index contributed by atoms with van der Waals surface area (Å²) in [6.45, 7) is 0. The molecule has 0 N–H and O–H groups in total. The number of fused-ring (bicyclic) bond motifs is 1. The van der Waals surface area contributed by atoms with Crippen molar-refractivity contribution in [1.29, 1.82) is 0 Å².